The first-order chi connectivity index (χ1) is 37.8. The van der Waals surface area contributed by atoms with Gasteiger partial charge in [0.2, 0.25) is 0 Å². The smallest absolute Gasteiger partial charge is 0.120 e. The molecule has 5 nitrogen and oxygen atoms in total. The summed E-state index contributed by atoms with van der Waals surface area (Å²) in [4.78, 5) is 10.2. The summed E-state index contributed by atoms with van der Waals surface area (Å²) < 4.78 is 53.8. The van der Waals surface area contributed by atoms with Crippen molar-refractivity contribution in [1.82, 2.24) is 19.1 Å². The van der Waals surface area contributed by atoms with Crippen LogP contribution >= 0.6 is 0 Å². The standard InChI is InChI=1S/C38H35N2.C31H27N2O.Ir/c1-25(2)32-14-11-15-33(26(3)4)37(32)40-36-17-10-9-16-35(36)39-38(40)31-19-18-27(5)34(24-31)30-22-20-29(21-23-30)28-12-7-6-8-13-28;1-19(2)21-12-9-13-22(20(3)4)29(21)33-27-17-7-6-16-26(27)32-31(33)25-15-10-14-24-23-11-5-8-18-28(23)34-30(24)25;/h6-18,20-26H,1-5H3;5-14,16-20H,1-4H3;/q2*-1;/i5D3,25D,26D;;. The first kappa shape index (κ1) is 44.8. The number of nitrogens with zero attached hydrogens (tertiary/aromatic N) is 4. The van der Waals surface area contributed by atoms with Crippen molar-refractivity contribution < 1.29 is 31.4 Å². The van der Waals surface area contributed by atoms with Gasteiger partial charge in [-0.25, -0.2) is 0 Å². The van der Waals surface area contributed by atoms with E-state index < -0.39 is 18.6 Å². The minimum atomic E-state index is -2.35. The molecule has 0 fully saturated rings. The summed E-state index contributed by atoms with van der Waals surface area (Å²) in [7, 11) is 0. The Morgan fingerprint density at radius 3 is 1.64 bits per heavy atom. The Labute approximate surface area is 462 Å². The minimum Gasteiger partial charge on any atom is -0.501 e. The van der Waals surface area contributed by atoms with Gasteiger partial charge < -0.3 is 13.6 Å². The Morgan fingerprint density at radius 1 is 0.507 bits per heavy atom. The Balaban J connectivity index is 0.000000184. The Bertz CT molecular complexity index is 4160. The summed E-state index contributed by atoms with van der Waals surface area (Å²) in [6, 6.07) is 69.1. The number of hydrogen-bond donors (Lipinski definition) is 0. The van der Waals surface area contributed by atoms with E-state index in [4.69, 9.17) is 21.2 Å². The van der Waals surface area contributed by atoms with E-state index in [2.05, 4.69) is 99.0 Å². The van der Waals surface area contributed by atoms with Crippen LogP contribution in [0.4, 0.5) is 0 Å². The van der Waals surface area contributed by atoms with Gasteiger partial charge in [-0.1, -0.05) is 212 Å². The maximum absolute atomic E-state index is 9.06. The quantitative estimate of drug-likeness (QED) is 0.128. The van der Waals surface area contributed by atoms with Crippen LogP contribution < -0.4 is 0 Å². The normalized spacial score (nSPS) is 13.1. The molecule has 3 heterocycles. The van der Waals surface area contributed by atoms with Gasteiger partial charge in [0, 0.05) is 43.7 Å². The molecule has 12 rings (SSSR count). The summed E-state index contributed by atoms with van der Waals surface area (Å²) in [5.41, 5.74) is 16.7. The van der Waals surface area contributed by atoms with Gasteiger partial charge in [-0.05, 0) is 92.9 Å². The second kappa shape index (κ2) is 21.3. The molecule has 1 radical (unpaired) electrons. The van der Waals surface area contributed by atoms with E-state index in [-0.39, 0.29) is 25.7 Å². The average molecular weight is 1160 g/mol. The van der Waals surface area contributed by atoms with Crippen LogP contribution in [0.5, 0.6) is 0 Å². The predicted octanol–water partition coefficient (Wildman–Crippen LogP) is 19.0. The molecule has 12 aromatic rings. The number of aromatic nitrogens is 4. The third-order valence-electron chi connectivity index (χ3n) is 14.1. The molecule has 375 valence electrons. The van der Waals surface area contributed by atoms with Crippen molar-refractivity contribution in [3.05, 3.63) is 228 Å². The molecule has 0 spiro atoms. The molecular formula is C69H62IrN4O-2. The van der Waals surface area contributed by atoms with Crippen LogP contribution in [0, 0.1) is 19.0 Å². The maximum atomic E-state index is 9.06. The molecule has 6 heteroatoms. The fourth-order valence-electron chi connectivity index (χ4n) is 10.4. The van der Waals surface area contributed by atoms with E-state index in [0.29, 0.717) is 28.8 Å². The molecule has 0 amide bonds. The molecule has 0 aliphatic rings. The molecular weight excluding hydrogens is 1090 g/mol. The van der Waals surface area contributed by atoms with Crippen LogP contribution in [0.1, 0.15) is 114 Å². The first-order valence-corrected chi connectivity index (χ1v) is 25.5. The molecule has 0 unspecified atom stereocenters. The van der Waals surface area contributed by atoms with Crippen molar-refractivity contribution in [2.24, 2.45) is 0 Å². The van der Waals surface area contributed by atoms with Gasteiger partial charge >= 0.3 is 0 Å². The molecule has 3 aromatic heterocycles. The molecule has 0 saturated heterocycles. The van der Waals surface area contributed by atoms with Crippen molar-refractivity contribution in [1.29, 1.82) is 0 Å². The molecule has 0 bridgehead atoms. The van der Waals surface area contributed by atoms with Crippen molar-refractivity contribution in [3.8, 4) is 56.4 Å². The number of aryl methyl sites for hydroxylation is 1. The SMILES string of the molecule is CC(C)c1cccc(C(C)C)c1-n1c(-c2[c-]ccc3c2oc2ccccc23)nc2ccccc21.[2H]C([2H])([2H])c1c[c-]c(-c2nc3ccccc3n2-c2c(C([2H])(C)C)cccc2C([2H])(C)C)cc1-c1ccc(-c2ccccc2)cc1.[Ir]. The van der Waals surface area contributed by atoms with Gasteiger partial charge in [-0.2, -0.15) is 0 Å². The van der Waals surface area contributed by atoms with Crippen LogP contribution in [0.25, 0.3) is 100 Å². The fraction of sp³-hybridized carbons (Fsp3) is 0.188. The van der Waals surface area contributed by atoms with Crippen LogP contribution in [0.3, 0.4) is 0 Å². The zero-order valence-electron chi connectivity index (χ0n) is 48.6. The Morgan fingerprint density at radius 2 is 1.03 bits per heavy atom. The first-order valence-electron chi connectivity index (χ1n) is 28.0. The largest absolute Gasteiger partial charge is 0.501 e. The number of hydrogen-bond acceptors (Lipinski definition) is 3. The number of furan rings is 1. The molecule has 0 aliphatic carbocycles. The van der Waals surface area contributed by atoms with E-state index in [0.717, 1.165) is 88.9 Å². The van der Waals surface area contributed by atoms with Gasteiger partial charge in [0.25, 0.3) is 0 Å². The zero-order valence-corrected chi connectivity index (χ0v) is 46.0. The topological polar surface area (TPSA) is 48.8 Å². The van der Waals surface area contributed by atoms with E-state index in [1.165, 1.54) is 16.8 Å². The average Bonchev–Trinajstić information content (AvgIpc) is 4.25. The number of fused-ring (bicyclic) bond motifs is 5. The summed E-state index contributed by atoms with van der Waals surface area (Å²) in [5, 5.41) is 2.20. The van der Waals surface area contributed by atoms with E-state index in [9.17, 15) is 0 Å². The molecule has 9 aromatic carbocycles. The minimum absolute atomic E-state index is 0. The van der Waals surface area contributed by atoms with E-state index in [1.54, 1.807) is 6.07 Å². The third kappa shape index (κ3) is 9.47. The van der Waals surface area contributed by atoms with Gasteiger partial charge in [0.05, 0.1) is 39.3 Å². The molecule has 0 N–H and O–H groups in total. The molecule has 0 saturated carbocycles. The second-order valence-corrected chi connectivity index (χ2v) is 20.1. The van der Waals surface area contributed by atoms with Gasteiger partial charge in [0.15, 0.2) is 0 Å². The number of rotatable bonds is 10. The number of imidazole rings is 2. The molecule has 75 heavy (non-hydrogen) atoms. The van der Waals surface area contributed by atoms with Gasteiger partial charge in [-0.15, -0.1) is 47.5 Å². The summed E-state index contributed by atoms with van der Waals surface area (Å²) >= 11 is 0. The summed E-state index contributed by atoms with van der Waals surface area (Å²) in [5.74, 6) is 0.222. The van der Waals surface area contributed by atoms with Crippen molar-refractivity contribution >= 4 is 44.0 Å². The van der Waals surface area contributed by atoms with Crippen LogP contribution in [-0.2, 0) is 20.1 Å². The monoisotopic (exact) mass is 1160 g/mol. The van der Waals surface area contributed by atoms with Gasteiger partial charge in [0.1, 0.15) is 5.58 Å². The summed E-state index contributed by atoms with van der Waals surface area (Å²) in [6.07, 6.45) is 0. The van der Waals surface area contributed by atoms with Crippen molar-refractivity contribution in [2.45, 2.75) is 85.9 Å². The van der Waals surface area contributed by atoms with E-state index in [1.807, 2.05) is 160 Å². The summed E-state index contributed by atoms with van der Waals surface area (Å²) in [6.45, 7) is 14.1. The Kier molecular flexibility index (Phi) is 12.7. The number of benzene rings is 9. The molecule has 0 atom stereocenters. The fourth-order valence-corrected chi connectivity index (χ4v) is 10.4. The zero-order chi connectivity index (χ0) is 55.5. The maximum Gasteiger partial charge on any atom is 0.120 e. The van der Waals surface area contributed by atoms with Crippen LogP contribution in [0.15, 0.2) is 192 Å². The van der Waals surface area contributed by atoms with E-state index >= 15 is 0 Å². The van der Waals surface area contributed by atoms with Crippen molar-refractivity contribution in [2.75, 3.05) is 0 Å². The van der Waals surface area contributed by atoms with Crippen LogP contribution in [0.2, 0.25) is 0 Å². The molecule has 0 aliphatic heterocycles. The third-order valence-corrected chi connectivity index (χ3v) is 14.1. The van der Waals surface area contributed by atoms with Crippen molar-refractivity contribution in [3.63, 3.8) is 0 Å². The second-order valence-electron chi connectivity index (χ2n) is 20.1. The van der Waals surface area contributed by atoms with Gasteiger partial charge in [-0.3, -0.25) is 9.97 Å². The van der Waals surface area contributed by atoms with Crippen LogP contribution in [-0.4, -0.2) is 19.1 Å². The number of para-hydroxylation sites is 7. The predicted molar refractivity (Wildman–Crippen MR) is 310 cm³/mol. The Hall–Kier alpha value is -7.63.